The van der Waals surface area contributed by atoms with Gasteiger partial charge in [0, 0.05) is 5.69 Å². The van der Waals surface area contributed by atoms with Crippen LogP contribution in [0.3, 0.4) is 0 Å². The predicted octanol–water partition coefficient (Wildman–Crippen LogP) is 3.43. The van der Waals surface area contributed by atoms with E-state index in [9.17, 15) is 13.2 Å². The van der Waals surface area contributed by atoms with Crippen molar-refractivity contribution in [3.05, 3.63) is 35.7 Å². The lowest BCUT2D eigenvalue weighted by molar-refractivity contribution is -0.0689. The summed E-state index contributed by atoms with van der Waals surface area (Å²) in [6, 6.07) is 3.42. The average molecular weight is 270 g/mol. The van der Waals surface area contributed by atoms with Crippen molar-refractivity contribution in [2.75, 3.05) is 13.1 Å². The number of nitrogens with zero attached hydrogens (tertiary/aromatic N) is 1. The van der Waals surface area contributed by atoms with Gasteiger partial charge in [0.1, 0.15) is 0 Å². The van der Waals surface area contributed by atoms with Crippen molar-refractivity contribution < 1.29 is 13.2 Å². The molecule has 0 aliphatic carbocycles. The molecule has 19 heavy (non-hydrogen) atoms. The molecule has 1 aliphatic rings. The zero-order valence-corrected chi connectivity index (χ0v) is 10.8. The summed E-state index contributed by atoms with van der Waals surface area (Å²) < 4.78 is 38.1. The Balaban J connectivity index is 2.31. The van der Waals surface area contributed by atoms with Gasteiger partial charge < -0.3 is 5.32 Å². The van der Waals surface area contributed by atoms with Crippen molar-refractivity contribution in [3.8, 4) is 0 Å². The van der Waals surface area contributed by atoms with E-state index in [1.165, 1.54) is 0 Å². The summed E-state index contributed by atoms with van der Waals surface area (Å²) in [6.45, 7) is 6.65. The van der Waals surface area contributed by atoms with Crippen molar-refractivity contribution in [2.45, 2.75) is 31.9 Å². The monoisotopic (exact) mass is 270 g/mol. The van der Waals surface area contributed by atoms with Crippen LogP contribution in [0.25, 0.3) is 5.57 Å². The van der Waals surface area contributed by atoms with Crippen LogP contribution in [0.15, 0.2) is 18.7 Å². The maximum Gasteiger partial charge on any atom is 0.417 e. The molecular weight excluding hydrogens is 253 g/mol. The molecule has 1 saturated heterocycles. The van der Waals surface area contributed by atoms with Gasteiger partial charge in [-0.1, -0.05) is 6.58 Å². The van der Waals surface area contributed by atoms with Crippen LogP contribution < -0.4 is 5.32 Å². The number of rotatable bonds is 2. The molecule has 2 nitrogen and oxygen atoms in total. The zero-order valence-electron chi connectivity index (χ0n) is 10.8. The Morgan fingerprint density at radius 1 is 1.32 bits per heavy atom. The van der Waals surface area contributed by atoms with Crippen LogP contribution in [0, 0.1) is 6.92 Å². The summed E-state index contributed by atoms with van der Waals surface area (Å²) >= 11 is 0. The molecule has 1 N–H and O–H groups in total. The SMILES string of the molecule is C=C(c1cc(C2CCNCC2)cc(C)n1)C(F)(F)F. The average Bonchev–Trinajstić information content (AvgIpc) is 2.37. The van der Waals surface area contributed by atoms with Crippen LogP contribution in [-0.2, 0) is 0 Å². The lowest BCUT2D eigenvalue weighted by atomic mass is 9.89. The van der Waals surface area contributed by atoms with Crippen LogP contribution in [0.2, 0.25) is 0 Å². The van der Waals surface area contributed by atoms with E-state index in [1.807, 2.05) is 6.07 Å². The predicted molar refractivity (Wildman–Crippen MR) is 68.9 cm³/mol. The van der Waals surface area contributed by atoms with Gasteiger partial charge in [0.15, 0.2) is 0 Å². The summed E-state index contributed by atoms with van der Waals surface area (Å²) in [6.07, 6.45) is -2.53. The quantitative estimate of drug-likeness (QED) is 0.890. The minimum Gasteiger partial charge on any atom is -0.317 e. The molecule has 1 fully saturated rings. The zero-order chi connectivity index (χ0) is 14.0. The minimum absolute atomic E-state index is 0.0546. The van der Waals surface area contributed by atoms with E-state index in [4.69, 9.17) is 0 Å². The molecule has 0 atom stereocenters. The second-order valence-corrected chi connectivity index (χ2v) is 4.93. The van der Waals surface area contributed by atoms with Crippen LogP contribution in [0.5, 0.6) is 0 Å². The van der Waals surface area contributed by atoms with Crippen molar-refractivity contribution in [3.63, 3.8) is 0 Å². The van der Waals surface area contributed by atoms with E-state index < -0.39 is 11.7 Å². The summed E-state index contributed by atoms with van der Waals surface area (Å²) in [5.41, 5.74) is 0.623. The first-order valence-corrected chi connectivity index (χ1v) is 6.33. The Labute approximate surface area is 110 Å². The number of alkyl halides is 3. The van der Waals surface area contributed by atoms with Crippen molar-refractivity contribution >= 4 is 5.57 Å². The molecule has 1 aromatic heterocycles. The fraction of sp³-hybridized carbons (Fsp3) is 0.500. The molecule has 0 saturated carbocycles. The van der Waals surface area contributed by atoms with Crippen LogP contribution in [0.1, 0.15) is 35.7 Å². The smallest absolute Gasteiger partial charge is 0.317 e. The van der Waals surface area contributed by atoms with Gasteiger partial charge in [-0.2, -0.15) is 13.2 Å². The number of hydrogen-bond donors (Lipinski definition) is 1. The van der Waals surface area contributed by atoms with Gasteiger partial charge in [0.25, 0.3) is 0 Å². The number of nitrogens with one attached hydrogen (secondary N) is 1. The fourth-order valence-electron chi connectivity index (χ4n) is 2.39. The lowest BCUT2D eigenvalue weighted by Gasteiger charge is -2.24. The molecule has 1 aromatic rings. The highest BCUT2D eigenvalue weighted by atomic mass is 19.4. The van der Waals surface area contributed by atoms with E-state index in [-0.39, 0.29) is 5.69 Å². The normalized spacial score (nSPS) is 17.5. The first kappa shape index (κ1) is 14.1. The first-order valence-electron chi connectivity index (χ1n) is 6.33. The van der Waals surface area contributed by atoms with Gasteiger partial charge in [-0.15, -0.1) is 0 Å². The number of allylic oxidation sites excluding steroid dienone is 1. The van der Waals surface area contributed by atoms with Gasteiger partial charge in [0.2, 0.25) is 0 Å². The Hall–Kier alpha value is -1.36. The molecule has 0 unspecified atom stereocenters. The van der Waals surface area contributed by atoms with Gasteiger partial charge >= 0.3 is 6.18 Å². The number of piperidine rings is 1. The number of halogens is 3. The second kappa shape index (κ2) is 5.33. The van der Waals surface area contributed by atoms with Gasteiger partial charge in [-0.05, 0) is 56.5 Å². The first-order chi connectivity index (χ1) is 8.88. The van der Waals surface area contributed by atoms with E-state index in [2.05, 4.69) is 16.9 Å². The van der Waals surface area contributed by atoms with Gasteiger partial charge in [-0.3, -0.25) is 4.98 Å². The minimum atomic E-state index is -4.42. The van der Waals surface area contributed by atoms with Crippen LogP contribution >= 0.6 is 0 Å². The molecule has 104 valence electrons. The molecule has 0 amide bonds. The molecule has 5 heteroatoms. The van der Waals surface area contributed by atoms with Crippen molar-refractivity contribution in [1.29, 1.82) is 0 Å². The lowest BCUT2D eigenvalue weighted by Crippen LogP contribution is -2.26. The summed E-state index contributed by atoms with van der Waals surface area (Å²) in [5.74, 6) is 0.308. The fourth-order valence-corrected chi connectivity index (χ4v) is 2.39. The van der Waals surface area contributed by atoms with E-state index in [0.29, 0.717) is 11.6 Å². The van der Waals surface area contributed by atoms with Crippen LogP contribution in [-0.4, -0.2) is 24.2 Å². The highest BCUT2D eigenvalue weighted by molar-refractivity contribution is 5.65. The third-order valence-corrected chi connectivity index (χ3v) is 3.44. The Kier molecular flexibility index (Phi) is 3.94. The molecule has 0 aromatic carbocycles. The highest BCUT2D eigenvalue weighted by Crippen LogP contribution is 2.34. The topological polar surface area (TPSA) is 24.9 Å². The summed E-state index contributed by atoms with van der Waals surface area (Å²) in [4.78, 5) is 3.96. The molecule has 1 aliphatic heterocycles. The third-order valence-electron chi connectivity index (χ3n) is 3.44. The van der Waals surface area contributed by atoms with E-state index in [1.54, 1.807) is 13.0 Å². The van der Waals surface area contributed by atoms with Gasteiger partial charge in [0.05, 0.1) is 11.3 Å². The summed E-state index contributed by atoms with van der Waals surface area (Å²) in [5, 5.41) is 3.25. The van der Waals surface area contributed by atoms with Gasteiger partial charge in [-0.25, -0.2) is 0 Å². The third kappa shape index (κ3) is 3.35. The maximum atomic E-state index is 12.7. The van der Waals surface area contributed by atoms with Crippen molar-refractivity contribution in [2.24, 2.45) is 0 Å². The number of aryl methyl sites for hydroxylation is 1. The molecule has 2 rings (SSSR count). The van der Waals surface area contributed by atoms with E-state index >= 15 is 0 Å². The standard InChI is InChI=1S/C14H17F3N2/c1-9-7-12(11-3-5-18-6-4-11)8-13(19-9)10(2)14(15,16)17/h7-8,11,18H,2-6H2,1H3. The Morgan fingerprint density at radius 2 is 1.95 bits per heavy atom. The molecule has 2 heterocycles. The Morgan fingerprint density at radius 3 is 2.53 bits per heavy atom. The molecular formula is C14H17F3N2. The largest absolute Gasteiger partial charge is 0.417 e. The highest BCUT2D eigenvalue weighted by Gasteiger charge is 2.34. The van der Waals surface area contributed by atoms with Crippen LogP contribution in [0.4, 0.5) is 13.2 Å². The second-order valence-electron chi connectivity index (χ2n) is 4.93. The maximum absolute atomic E-state index is 12.7. The number of pyridine rings is 1. The Bertz CT molecular complexity index is 474. The van der Waals surface area contributed by atoms with E-state index in [0.717, 1.165) is 31.5 Å². The number of aromatic nitrogens is 1. The summed E-state index contributed by atoms with van der Waals surface area (Å²) in [7, 11) is 0. The molecule has 0 radical (unpaired) electrons. The van der Waals surface area contributed by atoms with Crippen molar-refractivity contribution in [1.82, 2.24) is 10.3 Å². The molecule has 0 bridgehead atoms. The molecule has 0 spiro atoms. The number of hydrogen-bond acceptors (Lipinski definition) is 2.